The van der Waals surface area contributed by atoms with Crippen LogP contribution in [-0.4, -0.2) is 114 Å². The number of pyridine rings is 1. The van der Waals surface area contributed by atoms with Gasteiger partial charge in [0.05, 0.1) is 47.2 Å². The Morgan fingerprint density at radius 2 is 1.76 bits per heavy atom. The average Bonchev–Trinajstić information content (AvgIpc) is 4.20. The molecule has 4 aliphatic heterocycles. The van der Waals surface area contributed by atoms with Crippen LogP contribution in [-0.2, 0) is 49.7 Å². The molecule has 0 aliphatic carbocycles. The van der Waals surface area contributed by atoms with E-state index in [1.807, 2.05) is 74.8 Å². The van der Waals surface area contributed by atoms with Crippen LogP contribution in [0.5, 0.6) is 0 Å². The molecule has 2 aromatic carbocycles. The van der Waals surface area contributed by atoms with Gasteiger partial charge in [-0.1, -0.05) is 45.0 Å². The molecule has 19 heteroatoms. The van der Waals surface area contributed by atoms with Crippen LogP contribution in [0.15, 0.2) is 66.6 Å². The van der Waals surface area contributed by atoms with Gasteiger partial charge in [-0.25, -0.2) is 18.7 Å². The van der Waals surface area contributed by atoms with Gasteiger partial charge in [-0.3, -0.25) is 23.9 Å². The molecule has 4 aliphatic rings. The van der Waals surface area contributed by atoms with Crippen molar-refractivity contribution >= 4 is 52.1 Å². The Kier molecular flexibility index (Phi) is 14.2. The molecule has 0 unspecified atom stereocenters. The largest absolute Gasteiger partial charge is 0.391 e. The Balaban J connectivity index is 0.918. The summed E-state index contributed by atoms with van der Waals surface area (Å²) in [6.45, 7) is 13.5. The number of aliphatic hydroxyl groups is 1. The molecule has 4 amide bonds. The molecule has 6 aromatic rings. The van der Waals surface area contributed by atoms with Crippen molar-refractivity contribution in [2.45, 2.75) is 130 Å². The van der Waals surface area contributed by atoms with E-state index in [2.05, 4.69) is 25.3 Å². The normalized spacial score (nSPS) is 19.1. The Morgan fingerprint density at radius 3 is 2.46 bits per heavy atom. The van der Waals surface area contributed by atoms with Crippen LogP contribution in [0.2, 0.25) is 0 Å². The summed E-state index contributed by atoms with van der Waals surface area (Å²) in [6.07, 6.45) is 4.53. The maximum atomic E-state index is 15.7. The van der Waals surface area contributed by atoms with E-state index < -0.39 is 53.8 Å². The van der Waals surface area contributed by atoms with E-state index in [4.69, 9.17) is 9.84 Å². The molecule has 8 heterocycles. The lowest BCUT2D eigenvalue weighted by molar-refractivity contribution is -0.144. The number of likely N-dealkylation sites (tertiary alicyclic amines) is 1. The van der Waals surface area contributed by atoms with Crippen molar-refractivity contribution in [3.05, 3.63) is 106 Å². The Morgan fingerprint density at radius 1 is 0.986 bits per heavy atom. The topological polar surface area (TPSA) is 180 Å². The summed E-state index contributed by atoms with van der Waals surface area (Å²) in [5.41, 5.74) is 8.69. The van der Waals surface area contributed by atoms with Crippen molar-refractivity contribution in [1.82, 2.24) is 44.6 Å². The molecular weight excluding hydrogens is 967 g/mol. The first-order chi connectivity index (χ1) is 35.4. The molecule has 390 valence electrons. The predicted octanol–water partition coefficient (Wildman–Crippen LogP) is 7.82. The molecule has 10 rings (SSSR count). The number of nitrogens with zero attached hydrogens (tertiary/aromatic N) is 8. The number of halogens is 2. The van der Waals surface area contributed by atoms with Crippen LogP contribution in [0.25, 0.3) is 27.2 Å². The molecular formula is C55H64F2N10O6S. The van der Waals surface area contributed by atoms with Crippen LogP contribution in [0.4, 0.5) is 20.3 Å². The number of nitrogens with one attached hydrogen (secondary N) is 2. The zero-order valence-electron chi connectivity index (χ0n) is 42.7. The third-order valence-corrected chi connectivity index (χ3v) is 16.2. The van der Waals surface area contributed by atoms with Gasteiger partial charge < -0.3 is 39.6 Å². The van der Waals surface area contributed by atoms with Crippen LogP contribution in [0.3, 0.4) is 0 Å². The van der Waals surface area contributed by atoms with Gasteiger partial charge >= 0.3 is 0 Å². The van der Waals surface area contributed by atoms with Gasteiger partial charge in [0, 0.05) is 93.7 Å². The van der Waals surface area contributed by atoms with Gasteiger partial charge in [0.1, 0.15) is 17.7 Å². The number of thiazole rings is 1. The summed E-state index contributed by atoms with van der Waals surface area (Å²) in [7, 11) is 0. The molecule has 0 radical (unpaired) electrons. The van der Waals surface area contributed by atoms with E-state index in [1.165, 1.54) is 4.90 Å². The molecule has 2 saturated heterocycles. The summed E-state index contributed by atoms with van der Waals surface area (Å²) in [6, 6.07) is 10.6. The quantitative estimate of drug-likeness (QED) is 0.109. The predicted molar refractivity (Wildman–Crippen MR) is 277 cm³/mol. The zero-order chi connectivity index (χ0) is 52.2. The van der Waals surface area contributed by atoms with Gasteiger partial charge in [0.25, 0.3) is 6.43 Å². The van der Waals surface area contributed by atoms with Crippen molar-refractivity contribution in [2.24, 2.45) is 5.41 Å². The third-order valence-electron chi connectivity index (χ3n) is 15.2. The van der Waals surface area contributed by atoms with Crippen molar-refractivity contribution in [3.63, 3.8) is 0 Å². The Hall–Kier alpha value is -6.57. The number of rotatable bonds is 12. The number of β-amino-alcohol motifs (C(OH)–C–C–N with tert-alkyl or cyclic N) is 1. The number of aromatic nitrogens is 5. The van der Waals surface area contributed by atoms with E-state index >= 15 is 8.78 Å². The number of imidazole rings is 1. The number of hydrogen-bond acceptors (Lipinski definition) is 11. The highest BCUT2D eigenvalue weighted by Crippen LogP contribution is 2.45. The number of fused-ring (bicyclic) bond motifs is 3. The fraction of sp³-hybridized carbons (Fsp3) is 0.473. The molecule has 3 N–H and O–H groups in total. The molecule has 4 aromatic heterocycles. The summed E-state index contributed by atoms with van der Waals surface area (Å²) in [4.78, 5) is 70.9. The number of carbonyl (C=O) groups is 4. The maximum absolute atomic E-state index is 15.7. The molecule has 16 nitrogen and oxygen atoms in total. The summed E-state index contributed by atoms with van der Waals surface area (Å²) in [5.74, 6) is -0.821. The lowest BCUT2D eigenvalue weighted by Crippen LogP contribution is -2.58. The molecule has 2 fully saturated rings. The third kappa shape index (κ3) is 10.0. The maximum Gasteiger partial charge on any atom is 0.264 e. The van der Waals surface area contributed by atoms with Gasteiger partial charge in [0.2, 0.25) is 23.6 Å². The van der Waals surface area contributed by atoms with Crippen molar-refractivity contribution in [3.8, 4) is 21.6 Å². The lowest BCUT2D eigenvalue weighted by atomic mass is 9.85. The molecule has 0 saturated carbocycles. The number of amides is 4. The van der Waals surface area contributed by atoms with E-state index in [9.17, 15) is 24.3 Å². The van der Waals surface area contributed by atoms with Crippen molar-refractivity contribution in [1.29, 1.82) is 0 Å². The number of alkyl halides is 2. The summed E-state index contributed by atoms with van der Waals surface area (Å²) in [5, 5.41) is 22.2. The van der Waals surface area contributed by atoms with Gasteiger partial charge in [-0.15, -0.1) is 11.3 Å². The minimum absolute atomic E-state index is 0.0260. The summed E-state index contributed by atoms with van der Waals surface area (Å²) >= 11 is 1.56. The number of aliphatic hydroxyl groups excluding tert-OH is 1. The zero-order valence-corrected chi connectivity index (χ0v) is 43.6. The van der Waals surface area contributed by atoms with E-state index in [-0.39, 0.29) is 42.5 Å². The number of benzene rings is 2. The number of anilines is 2. The molecule has 0 bridgehead atoms. The first kappa shape index (κ1) is 50.9. The highest BCUT2D eigenvalue weighted by molar-refractivity contribution is 7.13. The Labute approximate surface area is 433 Å². The Bertz CT molecular complexity index is 3100. The van der Waals surface area contributed by atoms with Gasteiger partial charge in [-0.05, 0) is 96.5 Å². The highest BCUT2D eigenvalue weighted by atomic mass is 32.1. The monoisotopic (exact) mass is 1030 g/mol. The second kappa shape index (κ2) is 20.6. The first-order valence-corrected chi connectivity index (χ1v) is 26.5. The molecule has 74 heavy (non-hydrogen) atoms. The first-order valence-electron chi connectivity index (χ1n) is 25.6. The van der Waals surface area contributed by atoms with E-state index in [0.29, 0.717) is 74.0 Å². The van der Waals surface area contributed by atoms with E-state index in [0.717, 1.165) is 57.8 Å². The second-order valence-electron chi connectivity index (χ2n) is 21.3. The second-order valence-corrected chi connectivity index (χ2v) is 22.2. The fourth-order valence-electron chi connectivity index (χ4n) is 11.2. The highest BCUT2D eigenvalue weighted by Gasteiger charge is 2.45. The average molecular weight is 1030 g/mol. The van der Waals surface area contributed by atoms with Crippen LogP contribution in [0, 0.1) is 12.3 Å². The summed E-state index contributed by atoms with van der Waals surface area (Å²) < 4.78 is 41.0. The van der Waals surface area contributed by atoms with Crippen molar-refractivity contribution in [2.75, 3.05) is 37.7 Å². The number of carbonyl (C=O) groups excluding carboxylic acids is 4. The number of ether oxygens (including phenoxy) is 1. The van der Waals surface area contributed by atoms with Crippen molar-refractivity contribution < 1.29 is 37.8 Å². The molecule has 0 spiro atoms. The van der Waals surface area contributed by atoms with Crippen LogP contribution < -0.4 is 15.5 Å². The van der Waals surface area contributed by atoms with Crippen LogP contribution >= 0.6 is 11.3 Å². The fourth-order valence-corrected chi connectivity index (χ4v) is 12.0. The number of aryl methyl sites for hydroxylation is 2. The van der Waals surface area contributed by atoms with Crippen LogP contribution in [0.1, 0.15) is 118 Å². The minimum Gasteiger partial charge on any atom is -0.391 e. The number of hydrogen-bond donors (Lipinski definition) is 3. The lowest BCUT2D eigenvalue weighted by Gasteiger charge is -2.35. The standard InChI is InChI=1S/C55H64F2N10O6S/c1-31(34-9-11-35(12-10-34)49-32(2)59-30-74-49)60-53(71)46-24-39(69)28-66(46)54(72)50(55(4,5)6)61-48(70)23-37-27-64-19-16-58-47(64)26-40(37)41-22-36-8-7-17-65(45(36)25-42(41)51(56)57)52-43-29-63(33(3)68)18-13-44(43)67(62-52)38-14-20-73-21-15-38/h9-12,16,19,22,25-27,30-31,38-39,46,50-51,69H,7-8,13-15,17-18,20-21,23-24,28-29H2,1-6H3,(H,60,71)(H,61,70)/t31-,39+,46-,50+/m0/s1. The van der Waals surface area contributed by atoms with Gasteiger partial charge in [0.15, 0.2) is 5.82 Å². The SMILES string of the molecule is CC(=O)N1CCc2c(c(N3CCCc4cc(-c5cc6nccn6cc5CC(=O)N[C@H](C(=O)N5C[C@H](O)C[C@H]5C(=O)N[C@@H](C)c5ccc(-c6scnc6C)cc5)C(C)(C)C)c(C(F)F)cc43)nn2C2CCOCC2)C1. The minimum atomic E-state index is -2.90. The molecule has 4 atom stereocenters. The van der Waals surface area contributed by atoms with Gasteiger partial charge in [-0.2, -0.15) is 5.10 Å². The smallest absolute Gasteiger partial charge is 0.264 e. The van der Waals surface area contributed by atoms with E-state index in [1.54, 1.807) is 58.9 Å².